The lowest BCUT2D eigenvalue weighted by Crippen LogP contribution is -2.28. The Bertz CT molecular complexity index is 3740. The van der Waals surface area contributed by atoms with Crippen molar-refractivity contribution in [1.82, 2.24) is 0 Å². The van der Waals surface area contributed by atoms with Crippen molar-refractivity contribution in [2.24, 2.45) is 0 Å². The largest absolute Gasteiger partial charge is 0.455 e. The Hall–Kier alpha value is -8.72. The Morgan fingerprint density at radius 1 is 0.313 bits per heavy atom. The van der Waals surface area contributed by atoms with Crippen LogP contribution in [-0.2, 0) is 5.41 Å². The fraction of sp³-hybridized carbons (Fsp3) is 0.0154. The molecular weight excluding hydrogens is 811 g/mol. The molecule has 1 heterocycles. The van der Waals surface area contributed by atoms with Crippen molar-refractivity contribution >= 4 is 49.8 Å². The van der Waals surface area contributed by atoms with Crippen molar-refractivity contribution in [1.29, 1.82) is 0 Å². The van der Waals surface area contributed by atoms with Crippen molar-refractivity contribution < 1.29 is 4.42 Å². The summed E-state index contributed by atoms with van der Waals surface area (Å²) in [5.74, 6) is 0. The van der Waals surface area contributed by atoms with Gasteiger partial charge in [-0.2, -0.15) is 0 Å². The molecule has 0 fully saturated rings. The fourth-order valence-electron chi connectivity index (χ4n) is 11.0. The van der Waals surface area contributed by atoms with E-state index in [9.17, 15) is 0 Å². The summed E-state index contributed by atoms with van der Waals surface area (Å²) in [5, 5.41) is 4.55. The van der Waals surface area contributed by atoms with Crippen LogP contribution in [0.5, 0.6) is 0 Å². The summed E-state index contributed by atoms with van der Waals surface area (Å²) < 4.78 is 6.85. The minimum Gasteiger partial charge on any atom is -0.455 e. The molecular formula is C65H43NO. The van der Waals surface area contributed by atoms with E-state index in [0.717, 1.165) is 66.6 Å². The van der Waals surface area contributed by atoms with Gasteiger partial charge < -0.3 is 9.32 Å². The second kappa shape index (κ2) is 15.8. The molecule has 1 aromatic heterocycles. The van der Waals surface area contributed by atoms with Crippen LogP contribution in [-0.4, -0.2) is 0 Å². The lowest BCUT2D eigenvalue weighted by atomic mass is 9.68. The molecule has 0 bridgehead atoms. The van der Waals surface area contributed by atoms with E-state index in [0.29, 0.717) is 0 Å². The van der Waals surface area contributed by atoms with E-state index < -0.39 is 5.41 Å². The quantitative estimate of drug-likeness (QED) is 0.151. The molecule has 1 aliphatic carbocycles. The summed E-state index contributed by atoms with van der Waals surface area (Å²) in [6.07, 6.45) is 0. The first kappa shape index (κ1) is 38.7. The minimum atomic E-state index is -0.546. The van der Waals surface area contributed by atoms with Gasteiger partial charge in [0.1, 0.15) is 11.2 Å². The molecule has 67 heavy (non-hydrogen) atoms. The second-order valence-electron chi connectivity index (χ2n) is 17.5. The van der Waals surface area contributed by atoms with Crippen LogP contribution >= 0.6 is 0 Å². The number of nitrogens with zero attached hydrogens (tertiary/aromatic N) is 1. The monoisotopic (exact) mass is 853 g/mol. The molecule has 12 aromatic rings. The Morgan fingerprint density at radius 2 is 0.866 bits per heavy atom. The van der Waals surface area contributed by atoms with Crippen LogP contribution in [0.25, 0.3) is 77.2 Å². The summed E-state index contributed by atoms with van der Waals surface area (Å²) in [4.78, 5) is 2.50. The van der Waals surface area contributed by atoms with Crippen molar-refractivity contribution in [3.8, 4) is 44.5 Å². The van der Waals surface area contributed by atoms with Crippen LogP contribution in [0.3, 0.4) is 0 Å². The smallest absolute Gasteiger partial charge is 0.143 e. The van der Waals surface area contributed by atoms with Gasteiger partial charge in [-0.1, -0.05) is 224 Å². The van der Waals surface area contributed by atoms with Crippen molar-refractivity contribution in [2.75, 3.05) is 4.90 Å². The topological polar surface area (TPSA) is 16.4 Å². The maximum Gasteiger partial charge on any atom is 0.143 e. The van der Waals surface area contributed by atoms with Gasteiger partial charge in [-0.15, -0.1) is 0 Å². The Morgan fingerprint density at radius 3 is 1.61 bits per heavy atom. The van der Waals surface area contributed by atoms with Gasteiger partial charge in [-0.05, 0) is 91.9 Å². The highest BCUT2D eigenvalue weighted by Crippen LogP contribution is 2.60. The molecule has 2 heteroatoms. The van der Waals surface area contributed by atoms with E-state index in [1.807, 2.05) is 0 Å². The number of hydrogen-bond acceptors (Lipinski definition) is 2. The van der Waals surface area contributed by atoms with Gasteiger partial charge in [-0.25, -0.2) is 0 Å². The van der Waals surface area contributed by atoms with Gasteiger partial charge in [0.05, 0.1) is 16.8 Å². The van der Waals surface area contributed by atoms with E-state index >= 15 is 0 Å². The second-order valence-corrected chi connectivity index (χ2v) is 17.5. The summed E-state index contributed by atoms with van der Waals surface area (Å²) >= 11 is 0. The first-order valence-corrected chi connectivity index (χ1v) is 23.1. The first-order valence-electron chi connectivity index (χ1n) is 23.1. The van der Waals surface area contributed by atoms with Gasteiger partial charge in [0.15, 0.2) is 0 Å². The minimum absolute atomic E-state index is 0.546. The zero-order valence-electron chi connectivity index (χ0n) is 36.7. The zero-order valence-corrected chi connectivity index (χ0v) is 36.7. The van der Waals surface area contributed by atoms with Crippen molar-refractivity contribution in [2.45, 2.75) is 5.41 Å². The third-order valence-corrected chi connectivity index (χ3v) is 14.0. The molecule has 0 spiro atoms. The summed E-state index contributed by atoms with van der Waals surface area (Å²) in [6, 6.07) is 95.0. The number of fused-ring (bicyclic) bond motifs is 8. The molecule has 2 nitrogen and oxygen atoms in total. The number of anilines is 3. The molecule has 0 aliphatic heterocycles. The van der Waals surface area contributed by atoms with E-state index in [4.69, 9.17) is 4.42 Å². The fourth-order valence-corrected chi connectivity index (χ4v) is 11.0. The molecule has 314 valence electrons. The van der Waals surface area contributed by atoms with Crippen LogP contribution < -0.4 is 4.90 Å². The average molecular weight is 854 g/mol. The molecule has 11 aromatic carbocycles. The summed E-state index contributed by atoms with van der Waals surface area (Å²) in [6.45, 7) is 0. The lowest BCUT2D eigenvalue weighted by Gasteiger charge is -2.34. The predicted octanol–water partition coefficient (Wildman–Crippen LogP) is 17.6. The van der Waals surface area contributed by atoms with Crippen LogP contribution in [0.1, 0.15) is 22.3 Å². The third-order valence-electron chi connectivity index (χ3n) is 14.0. The van der Waals surface area contributed by atoms with E-state index in [2.05, 4.69) is 266 Å². The first-order chi connectivity index (χ1) is 33.3. The van der Waals surface area contributed by atoms with Crippen molar-refractivity contribution in [3.63, 3.8) is 0 Å². The molecule has 0 atom stereocenters. The van der Waals surface area contributed by atoms with Gasteiger partial charge >= 0.3 is 0 Å². The Balaban J connectivity index is 1.06. The molecule has 0 N–H and O–H groups in total. The van der Waals surface area contributed by atoms with Crippen LogP contribution in [0.4, 0.5) is 17.1 Å². The Labute approximate surface area is 390 Å². The highest BCUT2D eigenvalue weighted by atomic mass is 16.3. The van der Waals surface area contributed by atoms with E-state index in [1.165, 1.54) is 49.9 Å². The molecule has 0 amide bonds. The standard InChI is InChI=1S/C65H43NO/c1-5-19-44(20-6-1)48-38-42-60(57(43-48)45-21-7-2-8-22-45)66(51-39-35-47(36-40-51)53-30-17-31-54-55-41-37-46-23-13-14-28-52(46)64(55)67-63(53)54)61-34-18-33-59-62(61)56-29-15-16-32-58(56)65(59,49-24-9-3-10-25-49)50-26-11-4-12-27-50/h1-43H. The van der Waals surface area contributed by atoms with Gasteiger partial charge in [-0.3, -0.25) is 0 Å². The van der Waals surface area contributed by atoms with Gasteiger partial charge in [0.25, 0.3) is 0 Å². The Kier molecular flexibility index (Phi) is 9.11. The lowest BCUT2D eigenvalue weighted by molar-refractivity contribution is 0.674. The number of para-hydroxylation sites is 1. The molecule has 1 aliphatic rings. The average Bonchev–Trinajstić information content (AvgIpc) is 3.95. The van der Waals surface area contributed by atoms with Crippen molar-refractivity contribution in [3.05, 3.63) is 283 Å². The highest BCUT2D eigenvalue weighted by molar-refractivity contribution is 6.17. The van der Waals surface area contributed by atoms with Crippen LogP contribution in [0.15, 0.2) is 265 Å². The highest BCUT2D eigenvalue weighted by Gasteiger charge is 2.47. The SMILES string of the molecule is c1ccc(-c2ccc(N(c3ccc(-c4cccc5c4oc4c6ccccc6ccc54)cc3)c3cccc4c3-c3ccccc3C4(c3ccccc3)c3ccccc3)c(-c3ccccc3)c2)cc1. The number of rotatable bonds is 8. The number of furan rings is 1. The molecule has 0 unspecified atom stereocenters. The predicted molar refractivity (Wildman–Crippen MR) is 280 cm³/mol. The number of hydrogen-bond donors (Lipinski definition) is 0. The van der Waals surface area contributed by atoms with Crippen LogP contribution in [0, 0.1) is 0 Å². The van der Waals surface area contributed by atoms with Gasteiger partial charge in [0, 0.05) is 38.5 Å². The third kappa shape index (κ3) is 6.11. The van der Waals surface area contributed by atoms with Gasteiger partial charge in [0.2, 0.25) is 0 Å². The normalized spacial score (nSPS) is 12.6. The summed E-state index contributed by atoms with van der Waals surface area (Å²) in [5.41, 5.74) is 18.8. The van der Waals surface area contributed by atoms with E-state index in [1.54, 1.807) is 0 Å². The summed E-state index contributed by atoms with van der Waals surface area (Å²) in [7, 11) is 0. The molecule has 0 saturated heterocycles. The maximum absolute atomic E-state index is 6.85. The number of benzene rings is 11. The molecule has 13 rings (SSSR count). The van der Waals surface area contributed by atoms with E-state index in [-0.39, 0.29) is 0 Å². The molecule has 0 radical (unpaired) electrons. The molecule has 0 saturated carbocycles. The van der Waals surface area contributed by atoms with Crippen LogP contribution in [0.2, 0.25) is 0 Å². The zero-order chi connectivity index (χ0) is 44.3. The maximum atomic E-state index is 6.85.